The van der Waals surface area contributed by atoms with Crippen LogP contribution < -0.4 is 16.6 Å². The number of nitrogen functional groups attached to an aromatic ring is 1. The van der Waals surface area contributed by atoms with E-state index in [1.165, 1.54) is 0 Å². The van der Waals surface area contributed by atoms with Crippen molar-refractivity contribution in [1.82, 2.24) is 5.43 Å². The zero-order valence-electron chi connectivity index (χ0n) is 14.1. The van der Waals surface area contributed by atoms with Crippen LogP contribution in [-0.4, -0.2) is 13.1 Å². The molecule has 0 bridgehead atoms. The number of alkyl halides is 1. The standard InChI is InChI=1S/C14H13F2N3O.C2H6.CH3F/c1-8-2-4-9(5-3-8)18-13-10(14(20)19-17)6-7-11(15)12(13)16;2*1-2/h2-7,18H,17H2,1H3,(H,19,20);1-2H3;1H3. The second-order valence-electron chi connectivity index (χ2n) is 4.25. The molecule has 1 amide bonds. The Bertz CT molecular complexity index is 646. The molecule has 0 aliphatic rings. The molecule has 0 aliphatic heterocycles. The summed E-state index contributed by atoms with van der Waals surface area (Å²) < 4.78 is 36.7. The van der Waals surface area contributed by atoms with Crippen molar-refractivity contribution in [3.63, 3.8) is 0 Å². The smallest absolute Gasteiger partial charge is 0.267 e. The molecule has 2 rings (SSSR count). The fraction of sp³-hybridized carbons (Fsp3) is 0.235. The summed E-state index contributed by atoms with van der Waals surface area (Å²) in [5.41, 5.74) is 3.12. The number of amides is 1. The molecule has 0 unspecified atom stereocenters. The average molecular weight is 341 g/mol. The van der Waals surface area contributed by atoms with Gasteiger partial charge < -0.3 is 5.32 Å². The lowest BCUT2D eigenvalue weighted by molar-refractivity contribution is 0.0954. The molecule has 0 radical (unpaired) electrons. The van der Waals surface area contributed by atoms with Crippen LogP contribution in [0.15, 0.2) is 36.4 Å². The molecule has 4 nitrogen and oxygen atoms in total. The van der Waals surface area contributed by atoms with E-state index in [9.17, 15) is 18.0 Å². The third kappa shape index (κ3) is 5.58. The Hall–Kier alpha value is -2.54. The summed E-state index contributed by atoms with van der Waals surface area (Å²) >= 11 is 0. The van der Waals surface area contributed by atoms with Crippen LogP contribution in [0, 0.1) is 18.6 Å². The molecular formula is C17H22F3N3O. The van der Waals surface area contributed by atoms with Crippen LogP contribution >= 0.6 is 0 Å². The highest BCUT2D eigenvalue weighted by molar-refractivity contribution is 6.00. The highest BCUT2D eigenvalue weighted by atomic mass is 19.2. The second kappa shape index (κ2) is 11.1. The molecule has 0 fully saturated rings. The number of hydrogen-bond acceptors (Lipinski definition) is 3. The minimum Gasteiger partial charge on any atom is -0.352 e. The summed E-state index contributed by atoms with van der Waals surface area (Å²) in [6, 6.07) is 9.05. The number of carbonyl (C=O) groups is 1. The summed E-state index contributed by atoms with van der Waals surface area (Å²) in [5, 5.41) is 2.69. The topological polar surface area (TPSA) is 67.2 Å². The van der Waals surface area contributed by atoms with Crippen LogP contribution in [0.25, 0.3) is 0 Å². The van der Waals surface area contributed by atoms with Gasteiger partial charge in [0.25, 0.3) is 5.91 Å². The molecule has 2 aromatic carbocycles. The molecule has 0 aromatic heterocycles. The van der Waals surface area contributed by atoms with Crippen molar-refractivity contribution in [1.29, 1.82) is 0 Å². The highest BCUT2D eigenvalue weighted by Crippen LogP contribution is 2.26. The summed E-state index contributed by atoms with van der Waals surface area (Å²) in [7, 11) is 0.500. The molecule has 2 aromatic rings. The third-order valence-corrected chi connectivity index (χ3v) is 2.79. The quantitative estimate of drug-likeness (QED) is 0.444. The lowest BCUT2D eigenvalue weighted by atomic mass is 10.1. The Labute approximate surface area is 139 Å². The Morgan fingerprint density at radius 2 is 1.54 bits per heavy atom. The van der Waals surface area contributed by atoms with E-state index < -0.39 is 17.5 Å². The minimum absolute atomic E-state index is 0.0769. The van der Waals surface area contributed by atoms with Crippen molar-refractivity contribution < 1.29 is 18.0 Å². The predicted octanol–water partition coefficient (Wildman–Crippen LogP) is 4.23. The van der Waals surface area contributed by atoms with Gasteiger partial charge >= 0.3 is 0 Å². The van der Waals surface area contributed by atoms with E-state index in [0.29, 0.717) is 12.9 Å². The molecule has 0 saturated carbocycles. The first-order valence-corrected chi connectivity index (χ1v) is 7.23. The van der Waals surface area contributed by atoms with Crippen molar-refractivity contribution in [3.05, 3.63) is 59.2 Å². The van der Waals surface area contributed by atoms with Crippen molar-refractivity contribution in [2.45, 2.75) is 20.8 Å². The van der Waals surface area contributed by atoms with Gasteiger partial charge in [0.1, 0.15) is 0 Å². The number of anilines is 2. The summed E-state index contributed by atoms with van der Waals surface area (Å²) in [4.78, 5) is 11.6. The lowest BCUT2D eigenvalue weighted by Gasteiger charge is -2.12. The Morgan fingerprint density at radius 1 is 1.00 bits per heavy atom. The lowest BCUT2D eigenvalue weighted by Crippen LogP contribution is -2.30. The van der Waals surface area contributed by atoms with Gasteiger partial charge in [-0.2, -0.15) is 0 Å². The van der Waals surface area contributed by atoms with Gasteiger partial charge in [-0.1, -0.05) is 31.5 Å². The zero-order chi connectivity index (χ0) is 18.7. The van der Waals surface area contributed by atoms with Crippen LogP contribution in [0.1, 0.15) is 29.8 Å². The van der Waals surface area contributed by atoms with Crippen molar-refractivity contribution in [2.75, 3.05) is 12.5 Å². The SMILES string of the molecule is CC.CF.Cc1ccc(Nc2c(C(=O)NN)ccc(F)c2F)cc1. The predicted molar refractivity (Wildman–Crippen MR) is 90.9 cm³/mol. The van der Waals surface area contributed by atoms with Crippen molar-refractivity contribution >= 4 is 17.3 Å². The number of hydrazine groups is 1. The van der Waals surface area contributed by atoms with E-state index in [4.69, 9.17) is 5.84 Å². The van der Waals surface area contributed by atoms with E-state index in [2.05, 4.69) is 5.32 Å². The van der Waals surface area contributed by atoms with Crippen LogP contribution in [0.2, 0.25) is 0 Å². The molecule has 132 valence electrons. The number of halogens is 3. The number of rotatable bonds is 3. The first kappa shape index (κ1) is 21.5. The summed E-state index contributed by atoms with van der Waals surface area (Å²) in [5.74, 6) is 2.14. The molecule has 0 aliphatic carbocycles. The molecule has 24 heavy (non-hydrogen) atoms. The van der Waals surface area contributed by atoms with Crippen molar-refractivity contribution in [3.8, 4) is 0 Å². The molecule has 0 spiro atoms. The molecule has 0 heterocycles. The maximum Gasteiger partial charge on any atom is 0.267 e. The maximum absolute atomic E-state index is 13.9. The monoisotopic (exact) mass is 341 g/mol. The van der Waals surface area contributed by atoms with Gasteiger partial charge in [-0.05, 0) is 31.2 Å². The van der Waals surface area contributed by atoms with Crippen LogP contribution in [-0.2, 0) is 0 Å². The molecule has 0 atom stereocenters. The van der Waals surface area contributed by atoms with E-state index in [0.717, 1.165) is 17.7 Å². The van der Waals surface area contributed by atoms with Gasteiger partial charge in [-0.3, -0.25) is 14.6 Å². The number of nitrogens with one attached hydrogen (secondary N) is 2. The van der Waals surface area contributed by atoms with Gasteiger partial charge in [-0.15, -0.1) is 0 Å². The van der Waals surface area contributed by atoms with Gasteiger partial charge in [0.05, 0.1) is 18.4 Å². The van der Waals surface area contributed by atoms with Gasteiger partial charge in [0.2, 0.25) is 0 Å². The van der Waals surface area contributed by atoms with E-state index in [1.54, 1.807) is 12.1 Å². The first-order chi connectivity index (χ1) is 11.5. The van der Waals surface area contributed by atoms with E-state index >= 15 is 0 Å². The summed E-state index contributed by atoms with van der Waals surface area (Å²) in [6.07, 6.45) is 0. The Balaban J connectivity index is 0.00000123. The van der Waals surface area contributed by atoms with Gasteiger partial charge in [0.15, 0.2) is 11.6 Å². The molecule has 4 N–H and O–H groups in total. The van der Waals surface area contributed by atoms with Crippen molar-refractivity contribution in [2.24, 2.45) is 5.84 Å². The molecule has 7 heteroatoms. The highest BCUT2D eigenvalue weighted by Gasteiger charge is 2.18. The fourth-order valence-corrected chi connectivity index (χ4v) is 1.72. The van der Waals surface area contributed by atoms with Gasteiger partial charge in [0, 0.05) is 5.69 Å². The number of carbonyl (C=O) groups excluding carboxylic acids is 1. The van der Waals surface area contributed by atoms with Crippen LogP contribution in [0.3, 0.4) is 0 Å². The average Bonchev–Trinajstić information content (AvgIpc) is 2.63. The first-order valence-electron chi connectivity index (χ1n) is 7.23. The molecular weight excluding hydrogens is 319 g/mol. The van der Waals surface area contributed by atoms with E-state index in [-0.39, 0.29) is 11.3 Å². The summed E-state index contributed by atoms with van der Waals surface area (Å²) in [6.45, 7) is 5.90. The maximum atomic E-state index is 13.9. The largest absolute Gasteiger partial charge is 0.352 e. The normalized spacial score (nSPS) is 9.00. The molecule has 0 saturated heterocycles. The minimum atomic E-state index is -1.13. The van der Waals surface area contributed by atoms with Gasteiger partial charge in [-0.25, -0.2) is 14.6 Å². The second-order valence-corrected chi connectivity index (χ2v) is 4.25. The third-order valence-electron chi connectivity index (χ3n) is 2.79. The zero-order valence-corrected chi connectivity index (χ0v) is 14.1. The number of nitrogens with two attached hydrogens (primary N) is 1. The number of hydrogen-bond donors (Lipinski definition) is 3. The van der Waals surface area contributed by atoms with E-state index in [1.807, 2.05) is 38.3 Å². The Morgan fingerprint density at radius 3 is 2.04 bits per heavy atom. The number of aryl methyl sites for hydroxylation is 1. The Kier molecular flexibility index (Phi) is 9.90. The number of benzene rings is 2. The van der Waals surface area contributed by atoms with Crippen LogP contribution in [0.5, 0.6) is 0 Å². The fourth-order valence-electron chi connectivity index (χ4n) is 1.72. The van der Waals surface area contributed by atoms with Crippen LogP contribution in [0.4, 0.5) is 24.5 Å².